The van der Waals surface area contributed by atoms with Crippen molar-refractivity contribution in [2.75, 3.05) is 6.54 Å². The van der Waals surface area contributed by atoms with E-state index < -0.39 is 0 Å². The van der Waals surface area contributed by atoms with E-state index in [-0.39, 0.29) is 24.4 Å². The maximum Gasteiger partial charge on any atom is 0.246 e. The summed E-state index contributed by atoms with van der Waals surface area (Å²) in [7, 11) is 0. The molecular weight excluding hydrogens is 252 g/mol. The van der Waals surface area contributed by atoms with Crippen molar-refractivity contribution in [3.05, 3.63) is 34.9 Å². The molecule has 0 bridgehead atoms. The van der Waals surface area contributed by atoms with Gasteiger partial charge in [-0.2, -0.15) is 0 Å². The smallest absolute Gasteiger partial charge is 0.246 e. The van der Waals surface area contributed by atoms with Crippen molar-refractivity contribution in [1.82, 2.24) is 10.2 Å². The highest BCUT2D eigenvalue weighted by atomic mass is 16.2. The van der Waals surface area contributed by atoms with Crippen molar-refractivity contribution >= 4 is 11.8 Å². The fourth-order valence-corrected chi connectivity index (χ4v) is 2.90. The van der Waals surface area contributed by atoms with E-state index in [1.807, 2.05) is 6.07 Å². The van der Waals surface area contributed by atoms with Crippen LogP contribution in [0.3, 0.4) is 0 Å². The van der Waals surface area contributed by atoms with Crippen LogP contribution in [0.25, 0.3) is 0 Å². The van der Waals surface area contributed by atoms with Crippen LogP contribution < -0.4 is 5.32 Å². The van der Waals surface area contributed by atoms with Gasteiger partial charge in [0.05, 0.1) is 6.54 Å². The monoisotopic (exact) mass is 272 g/mol. The van der Waals surface area contributed by atoms with Gasteiger partial charge in [0.2, 0.25) is 11.8 Å². The van der Waals surface area contributed by atoms with Gasteiger partial charge in [-0.25, -0.2) is 0 Å². The number of hydrogen-bond donors (Lipinski definition) is 1. The summed E-state index contributed by atoms with van der Waals surface area (Å²) in [5.41, 5.74) is 3.50. The largest absolute Gasteiger partial charge is 0.342 e. The molecule has 1 N–H and O–H groups in total. The minimum Gasteiger partial charge on any atom is -0.342 e. The Bertz CT molecular complexity index is 543. The molecule has 0 radical (unpaired) electrons. The highest BCUT2D eigenvalue weighted by Gasteiger charge is 2.42. The van der Waals surface area contributed by atoms with Gasteiger partial charge in [-0.05, 0) is 49.3 Å². The van der Waals surface area contributed by atoms with Crippen LogP contribution in [-0.2, 0) is 16.1 Å². The predicted octanol–water partition coefficient (Wildman–Crippen LogP) is 1.54. The van der Waals surface area contributed by atoms with E-state index in [0.717, 1.165) is 18.4 Å². The molecule has 3 rings (SSSR count). The highest BCUT2D eigenvalue weighted by Crippen LogP contribution is 2.34. The van der Waals surface area contributed by atoms with Gasteiger partial charge in [-0.1, -0.05) is 18.2 Å². The molecule has 1 saturated heterocycles. The third-order valence-corrected chi connectivity index (χ3v) is 4.32. The molecule has 1 atom stereocenters. The Kier molecular flexibility index (Phi) is 3.24. The maximum atomic E-state index is 12.5. The Morgan fingerprint density at radius 2 is 1.85 bits per heavy atom. The van der Waals surface area contributed by atoms with Gasteiger partial charge in [0.15, 0.2) is 0 Å². The lowest BCUT2D eigenvalue weighted by atomic mass is 10.0. The molecule has 2 amide bonds. The highest BCUT2D eigenvalue weighted by molar-refractivity contribution is 5.95. The van der Waals surface area contributed by atoms with Crippen LogP contribution in [0.15, 0.2) is 18.2 Å². The molecule has 2 fully saturated rings. The zero-order valence-corrected chi connectivity index (χ0v) is 12.0. The van der Waals surface area contributed by atoms with Crippen molar-refractivity contribution in [3.63, 3.8) is 0 Å². The molecule has 4 heteroatoms. The van der Waals surface area contributed by atoms with Gasteiger partial charge < -0.3 is 10.2 Å². The van der Waals surface area contributed by atoms with Gasteiger partial charge in [-0.3, -0.25) is 9.59 Å². The number of aryl methyl sites for hydroxylation is 2. The molecule has 0 aromatic heterocycles. The zero-order valence-electron chi connectivity index (χ0n) is 12.0. The number of nitrogens with zero attached hydrogens (tertiary/aromatic N) is 1. The summed E-state index contributed by atoms with van der Waals surface area (Å²) in [6.45, 7) is 4.81. The fourth-order valence-electron chi connectivity index (χ4n) is 2.90. The Morgan fingerprint density at radius 3 is 2.45 bits per heavy atom. The first-order valence-corrected chi connectivity index (χ1v) is 7.19. The molecule has 0 spiro atoms. The summed E-state index contributed by atoms with van der Waals surface area (Å²) >= 11 is 0. The number of benzene rings is 1. The SMILES string of the molecule is Cc1cccc(C)c1CN1CC(=O)NC(C2CC2)C1=O. The number of piperazine rings is 1. The molecule has 1 aromatic rings. The molecule has 1 unspecified atom stereocenters. The summed E-state index contributed by atoms with van der Waals surface area (Å²) < 4.78 is 0. The van der Waals surface area contributed by atoms with Gasteiger partial charge in [0, 0.05) is 6.54 Å². The van der Waals surface area contributed by atoms with E-state index in [0.29, 0.717) is 12.5 Å². The van der Waals surface area contributed by atoms with Crippen LogP contribution in [0, 0.1) is 19.8 Å². The van der Waals surface area contributed by atoms with E-state index in [2.05, 4.69) is 31.3 Å². The zero-order chi connectivity index (χ0) is 14.3. The quantitative estimate of drug-likeness (QED) is 0.907. The maximum absolute atomic E-state index is 12.5. The lowest BCUT2D eigenvalue weighted by Gasteiger charge is -2.33. The first kappa shape index (κ1) is 13.2. The van der Waals surface area contributed by atoms with E-state index in [1.165, 1.54) is 11.1 Å². The second-order valence-corrected chi connectivity index (χ2v) is 5.95. The molecule has 1 aromatic carbocycles. The van der Waals surface area contributed by atoms with Gasteiger partial charge in [0.25, 0.3) is 0 Å². The van der Waals surface area contributed by atoms with Crippen molar-refractivity contribution in [3.8, 4) is 0 Å². The Hall–Kier alpha value is -1.84. The van der Waals surface area contributed by atoms with E-state index in [4.69, 9.17) is 0 Å². The van der Waals surface area contributed by atoms with Crippen LogP contribution in [0.5, 0.6) is 0 Å². The van der Waals surface area contributed by atoms with Crippen molar-refractivity contribution in [2.24, 2.45) is 5.92 Å². The van der Waals surface area contributed by atoms with Gasteiger partial charge in [0.1, 0.15) is 6.04 Å². The molecule has 1 heterocycles. The summed E-state index contributed by atoms with van der Waals surface area (Å²) in [6.07, 6.45) is 2.10. The molecule has 1 saturated carbocycles. The molecule has 1 aliphatic heterocycles. The first-order chi connectivity index (χ1) is 9.56. The fraction of sp³-hybridized carbons (Fsp3) is 0.500. The molecule has 1 aliphatic carbocycles. The number of amides is 2. The molecule has 106 valence electrons. The van der Waals surface area contributed by atoms with Gasteiger partial charge >= 0.3 is 0 Å². The van der Waals surface area contributed by atoms with Crippen LogP contribution in [-0.4, -0.2) is 29.3 Å². The third kappa shape index (κ3) is 2.42. The topological polar surface area (TPSA) is 49.4 Å². The standard InChI is InChI=1S/C16H20N2O2/c1-10-4-3-5-11(2)13(10)8-18-9-14(19)17-15(16(18)20)12-6-7-12/h3-5,12,15H,6-9H2,1-2H3,(H,17,19). The Morgan fingerprint density at radius 1 is 1.20 bits per heavy atom. The number of hydrogen-bond acceptors (Lipinski definition) is 2. The minimum atomic E-state index is -0.291. The minimum absolute atomic E-state index is 0.0345. The summed E-state index contributed by atoms with van der Waals surface area (Å²) in [4.78, 5) is 26.0. The summed E-state index contributed by atoms with van der Waals surface area (Å²) in [5.74, 6) is 0.398. The lowest BCUT2D eigenvalue weighted by Crippen LogP contribution is -2.58. The Labute approximate surface area is 119 Å². The third-order valence-electron chi connectivity index (χ3n) is 4.32. The predicted molar refractivity (Wildman–Crippen MR) is 76.0 cm³/mol. The number of rotatable bonds is 3. The van der Waals surface area contributed by atoms with Crippen LogP contribution in [0.2, 0.25) is 0 Å². The lowest BCUT2D eigenvalue weighted by molar-refractivity contribution is -0.145. The molecule has 2 aliphatic rings. The van der Waals surface area contributed by atoms with Crippen molar-refractivity contribution < 1.29 is 9.59 Å². The molecule has 20 heavy (non-hydrogen) atoms. The summed E-state index contributed by atoms with van der Waals surface area (Å²) in [6, 6.07) is 5.83. The van der Waals surface area contributed by atoms with E-state index >= 15 is 0 Å². The van der Waals surface area contributed by atoms with Crippen LogP contribution >= 0.6 is 0 Å². The van der Waals surface area contributed by atoms with Crippen LogP contribution in [0.1, 0.15) is 29.5 Å². The van der Waals surface area contributed by atoms with E-state index in [9.17, 15) is 9.59 Å². The molecule has 4 nitrogen and oxygen atoms in total. The van der Waals surface area contributed by atoms with Crippen molar-refractivity contribution in [1.29, 1.82) is 0 Å². The second-order valence-electron chi connectivity index (χ2n) is 5.95. The van der Waals surface area contributed by atoms with Gasteiger partial charge in [-0.15, -0.1) is 0 Å². The first-order valence-electron chi connectivity index (χ1n) is 7.19. The Balaban J connectivity index is 1.82. The van der Waals surface area contributed by atoms with Crippen LogP contribution in [0.4, 0.5) is 0 Å². The second kappa shape index (κ2) is 4.93. The average molecular weight is 272 g/mol. The molecular formula is C16H20N2O2. The summed E-state index contributed by atoms with van der Waals surface area (Å²) in [5, 5.41) is 2.84. The van der Waals surface area contributed by atoms with Crippen molar-refractivity contribution in [2.45, 2.75) is 39.3 Å². The number of nitrogens with one attached hydrogen (secondary N) is 1. The number of carbonyl (C=O) groups excluding carboxylic acids is 2. The normalized spacial score (nSPS) is 22.9. The number of carbonyl (C=O) groups is 2. The average Bonchev–Trinajstić information content (AvgIpc) is 3.22. The van der Waals surface area contributed by atoms with E-state index in [1.54, 1.807) is 4.90 Å².